The number of benzene rings is 1. The molecule has 0 aliphatic heterocycles. The van der Waals surface area contributed by atoms with E-state index in [4.69, 9.17) is 0 Å². The Balaban J connectivity index is 0.000000190. The largest absolute Gasteiger partial charge is 0.265 e. The number of aliphatic imine (C=N–C) groups is 1. The fourth-order valence-corrected chi connectivity index (χ4v) is 2.84. The Bertz CT molecular complexity index is 826. The summed E-state index contributed by atoms with van der Waals surface area (Å²) in [6.07, 6.45) is 13.0. The minimum atomic E-state index is 0.954. The third-order valence-corrected chi connectivity index (χ3v) is 4.20. The van der Waals surface area contributed by atoms with E-state index in [0.717, 1.165) is 17.7 Å². The minimum absolute atomic E-state index is 0.954. The van der Waals surface area contributed by atoms with Gasteiger partial charge in [-0.1, -0.05) is 61.1 Å². The zero-order chi connectivity index (χ0) is 18.8. The summed E-state index contributed by atoms with van der Waals surface area (Å²) in [5.41, 5.74) is 7.76. The van der Waals surface area contributed by atoms with E-state index in [9.17, 15) is 0 Å². The molecule has 0 spiro atoms. The molecule has 2 aromatic rings. The van der Waals surface area contributed by atoms with Crippen molar-refractivity contribution in [2.45, 2.75) is 40.0 Å². The lowest BCUT2D eigenvalue weighted by Gasteiger charge is -2.12. The first-order chi connectivity index (χ1) is 12.6. The van der Waals surface area contributed by atoms with Crippen molar-refractivity contribution >= 4 is 11.8 Å². The summed E-state index contributed by atoms with van der Waals surface area (Å²) in [7, 11) is 0. The summed E-state index contributed by atoms with van der Waals surface area (Å²) in [6, 6.07) is 12.7. The maximum absolute atomic E-state index is 4.18. The highest BCUT2D eigenvalue weighted by molar-refractivity contribution is 5.79. The fourth-order valence-electron chi connectivity index (χ4n) is 2.84. The topological polar surface area (TPSA) is 25.2 Å². The monoisotopic (exact) mass is 344 g/mol. The molecule has 0 N–H and O–H groups in total. The third kappa shape index (κ3) is 6.29. The average Bonchev–Trinajstić information content (AvgIpc) is 2.67. The molecular formula is C24H28N2. The molecule has 0 fully saturated rings. The van der Waals surface area contributed by atoms with E-state index in [1.807, 2.05) is 12.1 Å². The quantitative estimate of drug-likeness (QED) is 0.595. The van der Waals surface area contributed by atoms with Crippen LogP contribution in [0.4, 0.5) is 0 Å². The Labute approximate surface area is 157 Å². The zero-order valence-corrected chi connectivity index (χ0v) is 16.1. The smallest absolute Gasteiger partial charge is 0.0407 e. The molecule has 1 aliphatic rings. The highest BCUT2D eigenvalue weighted by Crippen LogP contribution is 2.26. The first-order valence-corrected chi connectivity index (χ1v) is 9.15. The van der Waals surface area contributed by atoms with Gasteiger partial charge in [-0.05, 0) is 61.9 Å². The van der Waals surface area contributed by atoms with Crippen LogP contribution in [-0.2, 0) is 6.42 Å². The van der Waals surface area contributed by atoms with Crippen LogP contribution in [0.1, 0.15) is 49.1 Å². The Morgan fingerprint density at radius 3 is 2.73 bits per heavy atom. The zero-order valence-electron chi connectivity index (χ0n) is 16.1. The van der Waals surface area contributed by atoms with Crippen molar-refractivity contribution < 1.29 is 0 Å². The van der Waals surface area contributed by atoms with Crippen LogP contribution in [0, 0.1) is 6.92 Å². The SMILES string of the molecule is C=CN=Cc1ccnc(CC)c1.CC1=CCCC(c2cccc(C)c2)=C1. The van der Waals surface area contributed by atoms with Crippen LogP contribution in [-0.4, -0.2) is 11.2 Å². The highest BCUT2D eigenvalue weighted by atomic mass is 14.7. The molecule has 26 heavy (non-hydrogen) atoms. The number of nitrogens with zero attached hydrogens (tertiary/aromatic N) is 2. The van der Waals surface area contributed by atoms with E-state index in [-0.39, 0.29) is 0 Å². The second-order valence-electron chi connectivity index (χ2n) is 6.42. The molecule has 0 radical (unpaired) electrons. The van der Waals surface area contributed by atoms with Crippen LogP contribution in [0.25, 0.3) is 5.57 Å². The van der Waals surface area contributed by atoms with E-state index in [2.05, 4.69) is 73.7 Å². The number of hydrogen-bond acceptors (Lipinski definition) is 2. The van der Waals surface area contributed by atoms with Gasteiger partial charge in [0.05, 0.1) is 0 Å². The predicted molar refractivity (Wildman–Crippen MR) is 114 cm³/mol. The first kappa shape index (κ1) is 19.6. The van der Waals surface area contributed by atoms with Crippen LogP contribution in [0.5, 0.6) is 0 Å². The molecule has 1 aromatic carbocycles. The number of rotatable bonds is 4. The summed E-state index contributed by atoms with van der Waals surface area (Å²) in [5.74, 6) is 0. The Hall–Kier alpha value is -2.74. The molecule has 0 bridgehead atoms. The molecule has 0 amide bonds. The van der Waals surface area contributed by atoms with Gasteiger partial charge in [-0.25, -0.2) is 0 Å². The van der Waals surface area contributed by atoms with Gasteiger partial charge in [0.15, 0.2) is 0 Å². The molecule has 0 atom stereocenters. The molecule has 0 saturated heterocycles. The second kappa shape index (κ2) is 10.3. The van der Waals surface area contributed by atoms with Gasteiger partial charge in [0.25, 0.3) is 0 Å². The summed E-state index contributed by atoms with van der Waals surface area (Å²) in [6.45, 7) is 9.91. The normalized spacial score (nSPS) is 13.5. The maximum Gasteiger partial charge on any atom is 0.0407 e. The first-order valence-electron chi connectivity index (χ1n) is 9.15. The van der Waals surface area contributed by atoms with Crippen molar-refractivity contribution in [3.63, 3.8) is 0 Å². The lowest BCUT2D eigenvalue weighted by molar-refractivity contribution is 1.03. The molecule has 0 unspecified atom stereocenters. The summed E-state index contributed by atoms with van der Waals surface area (Å²) in [5, 5.41) is 0. The van der Waals surface area contributed by atoms with Crippen molar-refractivity contribution in [1.82, 2.24) is 4.98 Å². The molecule has 3 rings (SSSR count). The van der Waals surface area contributed by atoms with Crippen LogP contribution in [0.3, 0.4) is 0 Å². The predicted octanol–water partition coefficient (Wildman–Crippen LogP) is 6.32. The standard InChI is InChI=1S/C14H16.C10H12N2/c1-11-5-3-7-13(9-11)14-8-4-6-12(2)10-14;1-3-10-7-9(5-6-12-10)8-11-4-2/h3,5-7,9-10H,4,8H2,1-2H3;4-8H,2-3H2,1H3. The minimum Gasteiger partial charge on any atom is -0.265 e. The lowest BCUT2D eigenvalue weighted by atomic mass is 9.93. The Morgan fingerprint density at radius 1 is 1.19 bits per heavy atom. The van der Waals surface area contributed by atoms with Crippen molar-refractivity contribution in [2.75, 3.05) is 0 Å². The van der Waals surface area contributed by atoms with E-state index >= 15 is 0 Å². The molecule has 1 heterocycles. The number of allylic oxidation sites excluding steroid dienone is 4. The van der Waals surface area contributed by atoms with Crippen molar-refractivity contribution in [3.05, 3.63) is 95.5 Å². The maximum atomic E-state index is 4.18. The van der Waals surface area contributed by atoms with Crippen LogP contribution >= 0.6 is 0 Å². The van der Waals surface area contributed by atoms with Crippen LogP contribution < -0.4 is 0 Å². The van der Waals surface area contributed by atoms with Gasteiger partial charge in [0.2, 0.25) is 0 Å². The van der Waals surface area contributed by atoms with E-state index in [1.165, 1.54) is 41.3 Å². The van der Waals surface area contributed by atoms with E-state index < -0.39 is 0 Å². The van der Waals surface area contributed by atoms with Gasteiger partial charge in [-0.3, -0.25) is 9.98 Å². The lowest BCUT2D eigenvalue weighted by Crippen LogP contribution is -1.91. The second-order valence-corrected chi connectivity index (χ2v) is 6.42. The molecule has 2 nitrogen and oxygen atoms in total. The molecule has 134 valence electrons. The van der Waals surface area contributed by atoms with Gasteiger partial charge in [-0.2, -0.15) is 0 Å². The number of hydrogen-bond donors (Lipinski definition) is 0. The van der Waals surface area contributed by atoms with Crippen molar-refractivity contribution in [2.24, 2.45) is 4.99 Å². The number of aromatic nitrogens is 1. The van der Waals surface area contributed by atoms with Crippen LogP contribution in [0.15, 0.2) is 78.1 Å². The Morgan fingerprint density at radius 2 is 2.04 bits per heavy atom. The third-order valence-electron chi connectivity index (χ3n) is 4.20. The summed E-state index contributed by atoms with van der Waals surface area (Å²) < 4.78 is 0. The fraction of sp³-hybridized carbons (Fsp3) is 0.250. The molecule has 2 heteroatoms. The van der Waals surface area contributed by atoms with E-state index in [0.29, 0.717) is 0 Å². The van der Waals surface area contributed by atoms with Crippen molar-refractivity contribution in [1.29, 1.82) is 0 Å². The number of pyridine rings is 1. The van der Waals surface area contributed by atoms with Gasteiger partial charge < -0.3 is 0 Å². The van der Waals surface area contributed by atoms with Gasteiger partial charge in [-0.15, -0.1) is 0 Å². The summed E-state index contributed by atoms with van der Waals surface area (Å²) >= 11 is 0. The highest BCUT2D eigenvalue weighted by Gasteiger charge is 2.05. The average molecular weight is 345 g/mol. The van der Waals surface area contributed by atoms with Crippen molar-refractivity contribution in [3.8, 4) is 0 Å². The Kier molecular flexibility index (Phi) is 7.75. The van der Waals surface area contributed by atoms with Crippen LogP contribution in [0.2, 0.25) is 0 Å². The molecule has 1 aromatic heterocycles. The van der Waals surface area contributed by atoms with Gasteiger partial charge in [0.1, 0.15) is 0 Å². The van der Waals surface area contributed by atoms with Gasteiger partial charge in [0, 0.05) is 24.3 Å². The van der Waals surface area contributed by atoms with Gasteiger partial charge >= 0.3 is 0 Å². The molecular weight excluding hydrogens is 316 g/mol. The molecule has 1 aliphatic carbocycles. The van der Waals surface area contributed by atoms with E-state index in [1.54, 1.807) is 12.4 Å². The molecule has 0 saturated carbocycles. The summed E-state index contributed by atoms with van der Waals surface area (Å²) in [4.78, 5) is 8.11. The number of aryl methyl sites for hydroxylation is 2.